The van der Waals surface area contributed by atoms with Crippen molar-refractivity contribution >= 4 is 41.5 Å². The van der Waals surface area contributed by atoms with Gasteiger partial charge in [0.1, 0.15) is 0 Å². The van der Waals surface area contributed by atoms with Crippen LogP contribution in [0.4, 0.5) is 0 Å². The molecule has 0 aliphatic rings. The highest BCUT2D eigenvalue weighted by atomic mass is 127. The summed E-state index contributed by atoms with van der Waals surface area (Å²) in [7, 11) is 3.41. The second-order valence-electron chi connectivity index (χ2n) is 4.41. The molecule has 1 rings (SSSR count). The van der Waals surface area contributed by atoms with Gasteiger partial charge in [-0.15, -0.1) is 24.0 Å². The van der Waals surface area contributed by atoms with Gasteiger partial charge in [0.2, 0.25) is 0 Å². The first-order valence-electron chi connectivity index (χ1n) is 7.02. The summed E-state index contributed by atoms with van der Waals surface area (Å²) >= 11 is 5.95. The fourth-order valence-electron chi connectivity index (χ4n) is 1.72. The number of nitrogens with zero attached hydrogens (tertiary/aromatic N) is 1. The van der Waals surface area contributed by atoms with Crippen LogP contribution in [0.2, 0.25) is 5.02 Å². The summed E-state index contributed by atoms with van der Waals surface area (Å²) in [6.07, 6.45) is 0.894. The maximum Gasteiger partial charge on any atom is 0.191 e. The molecule has 0 aromatic heterocycles. The van der Waals surface area contributed by atoms with Crippen LogP contribution in [0, 0.1) is 0 Å². The van der Waals surface area contributed by atoms with Crippen molar-refractivity contribution in [2.24, 2.45) is 4.99 Å². The normalized spacial score (nSPS) is 11.0. The van der Waals surface area contributed by atoms with E-state index in [9.17, 15) is 0 Å². The molecular formula is C15H25ClIN3O2. The lowest BCUT2D eigenvalue weighted by Crippen LogP contribution is -2.39. The molecule has 0 atom stereocenters. The van der Waals surface area contributed by atoms with Gasteiger partial charge >= 0.3 is 0 Å². The maximum atomic E-state index is 5.95. The van der Waals surface area contributed by atoms with Crippen molar-refractivity contribution in [3.8, 4) is 0 Å². The van der Waals surface area contributed by atoms with Crippen LogP contribution < -0.4 is 10.6 Å². The first-order valence-corrected chi connectivity index (χ1v) is 7.39. The number of rotatable bonds is 9. The van der Waals surface area contributed by atoms with Crippen LogP contribution in [-0.2, 0) is 15.9 Å². The van der Waals surface area contributed by atoms with E-state index in [1.165, 1.54) is 5.56 Å². The predicted octanol–water partition coefficient (Wildman–Crippen LogP) is 2.33. The van der Waals surface area contributed by atoms with Crippen molar-refractivity contribution in [1.29, 1.82) is 0 Å². The summed E-state index contributed by atoms with van der Waals surface area (Å²) in [5.74, 6) is 0.771. The van der Waals surface area contributed by atoms with Crippen molar-refractivity contribution in [2.45, 2.75) is 6.42 Å². The van der Waals surface area contributed by atoms with Gasteiger partial charge in [-0.25, -0.2) is 0 Å². The van der Waals surface area contributed by atoms with Gasteiger partial charge in [0.05, 0.1) is 19.8 Å². The van der Waals surface area contributed by atoms with Gasteiger partial charge in [-0.05, 0) is 24.1 Å². The SMILES string of the molecule is CN=C(NCCOCCOC)NCCc1cccc(Cl)c1.I. The van der Waals surface area contributed by atoms with Crippen LogP contribution in [0.25, 0.3) is 0 Å². The number of ether oxygens (including phenoxy) is 2. The van der Waals surface area contributed by atoms with Crippen LogP contribution in [-0.4, -0.2) is 53.0 Å². The smallest absolute Gasteiger partial charge is 0.191 e. The van der Waals surface area contributed by atoms with Crippen LogP contribution in [0.3, 0.4) is 0 Å². The maximum absolute atomic E-state index is 5.95. The van der Waals surface area contributed by atoms with E-state index < -0.39 is 0 Å². The summed E-state index contributed by atoms with van der Waals surface area (Å²) in [5, 5.41) is 7.21. The average molecular weight is 442 g/mol. The topological polar surface area (TPSA) is 54.9 Å². The lowest BCUT2D eigenvalue weighted by Gasteiger charge is -2.12. The Balaban J connectivity index is 0.00000441. The zero-order valence-corrected chi connectivity index (χ0v) is 16.2. The molecule has 2 N–H and O–H groups in total. The molecule has 5 nitrogen and oxygen atoms in total. The Morgan fingerprint density at radius 3 is 2.64 bits per heavy atom. The number of halogens is 2. The van der Waals surface area contributed by atoms with Crippen LogP contribution in [0.5, 0.6) is 0 Å². The molecule has 0 unspecified atom stereocenters. The monoisotopic (exact) mass is 441 g/mol. The molecule has 126 valence electrons. The second-order valence-corrected chi connectivity index (χ2v) is 4.85. The molecule has 0 aliphatic heterocycles. The standard InChI is InChI=1S/C15H24ClN3O2.HI/c1-17-15(19-8-9-21-11-10-20-2)18-7-6-13-4-3-5-14(16)12-13;/h3-5,12H,6-11H2,1-2H3,(H2,17,18,19);1H. The summed E-state index contributed by atoms with van der Waals surface area (Å²) < 4.78 is 10.3. The summed E-state index contributed by atoms with van der Waals surface area (Å²) in [4.78, 5) is 4.16. The highest BCUT2D eigenvalue weighted by Crippen LogP contribution is 2.10. The first kappa shape index (κ1) is 21.4. The number of nitrogens with one attached hydrogen (secondary N) is 2. The number of aliphatic imine (C=N–C) groups is 1. The van der Waals surface area contributed by atoms with E-state index in [0.717, 1.165) is 23.9 Å². The van der Waals surface area contributed by atoms with Crippen molar-refractivity contribution in [3.63, 3.8) is 0 Å². The van der Waals surface area contributed by atoms with Gasteiger partial charge in [0, 0.05) is 32.3 Å². The van der Waals surface area contributed by atoms with Crippen molar-refractivity contribution in [2.75, 3.05) is 47.1 Å². The van der Waals surface area contributed by atoms with E-state index in [4.69, 9.17) is 21.1 Å². The van der Waals surface area contributed by atoms with E-state index in [0.29, 0.717) is 26.4 Å². The molecule has 0 spiro atoms. The van der Waals surface area contributed by atoms with E-state index >= 15 is 0 Å². The Labute approximate surface area is 154 Å². The van der Waals surface area contributed by atoms with Gasteiger partial charge in [-0.1, -0.05) is 23.7 Å². The van der Waals surface area contributed by atoms with Crippen molar-refractivity contribution in [1.82, 2.24) is 10.6 Å². The fraction of sp³-hybridized carbons (Fsp3) is 0.533. The summed E-state index contributed by atoms with van der Waals surface area (Å²) in [6.45, 7) is 3.36. The molecule has 22 heavy (non-hydrogen) atoms. The molecule has 1 aromatic carbocycles. The molecule has 0 amide bonds. The number of hydrogen-bond acceptors (Lipinski definition) is 3. The summed E-state index contributed by atoms with van der Waals surface area (Å²) in [5.41, 5.74) is 1.20. The fourth-order valence-corrected chi connectivity index (χ4v) is 1.94. The zero-order chi connectivity index (χ0) is 15.3. The largest absolute Gasteiger partial charge is 0.382 e. The van der Waals surface area contributed by atoms with Gasteiger partial charge in [0.15, 0.2) is 5.96 Å². The molecule has 0 radical (unpaired) electrons. The lowest BCUT2D eigenvalue weighted by atomic mass is 10.1. The Morgan fingerprint density at radius 2 is 1.95 bits per heavy atom. The van der Waals surface area contributed by atoms with Crippen molar-refractivity contribution < 1.29 is 9.47 Å². The Bertz CT molecular complexity index is 433. The number of methoxy groups -OCH3 is 1. The average Bonchev–Trinajstić information content (AvgIpc) is 2.49. The molecule has 0 saturated heterocycles. The molecular weight excluding hydrogens is 417 g/mol. The quantitative estimate of drug-likeness (QED) is 0.267. The highest BCUT2D eigenvalue weighted by molar-refractivity contribution is 14.0. The third kappa shape index (κ3) is 10.2. The Kier molecular flexibility index (Phi) is 13.7. The van der Waals surface area contributed by atoms with Crippen LogP contribution in [0.1, 0.15) is 5.56 Å². The molecule has 0 saturated carbocycles. The van der Waals surface area contributed by atoms with Gasteiger partial charge in [-0.2, -0.15) is 0 Å². The number of hydrogen-bond donors (Lipinski definition) is 2. The van der Waals surface area contributed by atoms with Crippen LogP contribution in [0.15, 0.2) is 29.3 Å². The van der Waals surface area contributed by atoms with Gasteiger partial charge in [0.25, 0.3) is 0 Å². The van der Waals surface area contributed by atoms with Gasteiger partial charge in [-0.3, -0.25) is 4.99 Å². The molecule has 0 aliphatic carbocycles. The minimum Gasteiger partial charge on any atom is -0.382 e. The number of guanidine groups is 1. The van der Waals surface area contributed by atoms with E-state index in [2.05, 4.69) is 21.7 Å². The van der Waals surface area contributed by atoms with E-state index in [1.807, 2.05) is 18.2 Å². The number of benzene rings is 1. The second kappa shape index (κ2) is 14.0. The minimum atomic E-state index is 0. The van der Waals surface area contributed by atoms with Crippen LogP contribution >= 0.6 is 35.6 Å². The lowest BCUT2D eigenvalue weighted by molar-refractivity contribution is 0.0733. The zero-order valence-electron chi connectivity index (χ0n) is 13.1. The molecule has 7 heteroatoms. The first-order chi connectivity index (χ1) is 10.3. The Hall–Kier alpha value is -0.570. The van der Waals surface area contributed by atoms with E-state index in [-0.39, 0.29) is 24.0 Å². The third-order valence-electron chi connectivity index (χ3n) is 2.79. The molecule has 0 fully saturated rings. The van der Waals surface area contributed by atoms with Gasteiger partial charge < -0.3 is 20.1 Å². The molecule has 0 heterocycles. The Morgan fingerprint density at radius 1 is 1.18 bits per heavy atom. The molecule has 1 aromatic rings. The molecule has 0 bridgehead atoms. The highest BCUT2D eigenvalue weighted by Gasteiger charge is 1.98. The minimum absolute atomic E-state index is 0. The van der Waals surface area contributed by atoms with Crippen molar-refractivity contribution in [3.05, 3.63) is 34.9 Å². The summed E-state index contributed by atoms with van der Waals surface area (Å²) in [6, 6.07) is 7.88. The third-order valence-corrected chi connectivity index (χ3v) is 3.02. The predicted molar refractivity (Wildman–Crippen MR) is 103 cm³/mol. The van der Waals surface area contributed by atoms with E-state index in [1.54, 1.807) is 14.2 Å².